The highest BCUT2D eigenvalue weighted by atomic mass is 16.5. The second-order valence-electron chi connectivity index (χ2n) is 4.81. The van der Waals surface area contributed by atoms with Crippen molar-refractivity contribution in [3.05, 3.63) is 41.5 Å². The van der Waals surface area contributed by atoms with Crippen molar-refractivity contribution in [2.45, 2.75) is 6.10 Å². The molecule has 0 spiro atoms. The maximum atomic E-state index is 10.1. The van der Waals surface area contributed by atoms with Crippen molar-refractivity contribution in [3.8, 4) is 34.5 Å². The van der Waals surface area contributed by atoms with Crippen LogP contribution in [0.3, 0.4) is 0 Å². The Labute approximate surface area is 124 Å². The lowest BCUT2D eigenvalue weighted by Crippen LogP contribution is -2.09. The number of phenols is 5. The summed E-state index contributed by atoms with van der Waals surface area (Å²) in [4.78, 5) is 0. The second kappa shape index (κ2) is 4.74. The minimum Gasteiger partial charge on any atom is -0.508 e. The van der Waals surface area contributed by atoms with Gasteiger partial charge in [0, 0.05) is 18.2 Å². The van der Waals surface area contributed by atoms with Gasteiger partial charge in [0.15, 0.2) is 11.5 Å². The number of hydrogen-bond acceptors (Lipinski definition) is 7. The van der Waals surface area contributed by atoms with E-state index in [0.717, 1.165) is 18.2 Å². The molecule has 1 heterocycles. The Bertz CT molecular complexity index is 795. The summed E-state index contributed by atoms with van der Waals surface area (Å²) < 4.78 is 5.45. The molecule has 3 rings (SSSR count). The summed E-state index contributed by atoms with van der Waals surface area (Å²) in [5.74, 6) is -1.95. The maximum Gasteiger partial charge on any atom is 0.161 e. The predicted octanol–water partition coefficient (Wildman–Crippen LogP) is 1.68. The smallest absolute Gasteiger partial charge is 0.161 e. The number of ether oxygens (including phenoxy) is 1. The fourth-order valence-electron chi connectivity index (χ4n) is 2.27. The van der Waals surface area contributed by atoms with Crippen LogP contribution in [0.5, 0.6) is 34.5 Å². The van der Waals surface area contributed by atoms with Gasteiger partial charge in [-0.3, -0.25) is 0 Å². The Balaban J connectivity index is 2.11. The lowest BCUT2D eigenvalue weighted by molar-refractivity contribution is 0.211. The zero-order valence-electron chi connectivity index (χ0n) is 11.1. The lowest BCUT2D eigenvalue weighted by Gasteiger charge is -2.23. The van der Waals surface area contributed by atoms with Gasteiger partial charge in [-0.2, -0.15) is 0 Å². The van der Waals surface area contributed by atoms with Gasteiger partial charge < -0.3 is 35.4 Å². The van der Waals surface area contributed by atoms with Crippen LogP contribution < -0.4 is 4.74 Å². The molecule has 0 radical (unpaired) electrons. The van der Waals surface area contributed by atoms with E-state index in [1.54, 1.807) is 0 Å². The monoisotopic (exact) mass is 304 g/mol. The van der Waals surface area contributed by atoms with E-state index >= 15 is 0 Å². The minimum absolute atomic E-state index is 0.00204. The SMILES string of the molecule is Oc1cc(O)c2c(c1)OC(c1cc(O)c(O)cc1O)=CC2O. The van der Waals surface area contributed by atoms with Crippen molar-refractivity contribution in [2.75, 3.05) is 0 Å². The van der Waals surface area contributed by atoms with E-state index in [-0.39, 0.29) is 39.9 Å². The molecular weight excluding hydrogens is 292 g/mol. The molecule has 7 heteroatoms. The largest absolute Gasteiger partial charge is 0.508 e. The number of rotatable bonds is 1. The highest BCUT2D eigenvalue weighted by molar-refractivity contribution is 5.73. The van der Waals surface area contributed by atoms with E-state index in [2.05, 4.69) is 0 Å². The first kappa shape index (κ1) is 13.9. The van der Waals surface area contributed by atoms with E-state index in [1.807, 2.05) is 0 Å². The molecule has 6 N–H and O–H groups in total. The number of fused-ring (bicyclic) bond motifs is 1. The average molecular weight is 304 g/mol. The number of aliphatic hydroxyl groups is 1. The highest BCUT2D eigenvalue weighted by Gasteiger charge is 2.27. The van der Waals surface area contributed by atoms with E-state index in [9.17, 15) is 30.6 Å². The number of benzene rings is 2. The molecule has 0 amide bonds. The summed E-state index contributed by atoms with van der Waals surface area (Å²) in [6.45, 7) is 0. The summed E-state index contributed by atoms with van der Waals surface area (Å²) >= 11 is 0. The Morgan fingerprint density at radius 2 is 1.45 bits per heavy atom. The van der Waals surface area contributed by atoms with Crippen molar-refractivity contribution in [3.63, 3.8) is 0 Å². The van der Waals surface area contributed by atoms with Crippen molar-refractivity contribution >= 4 is 5.76 Å². The molecular formula is C15H12O7. The molecule has 2 aromatic carbocycles. The summed E-state index contributed by atoms with van der Waals surface area (Å²) in [5.41, 5.74) is 0.104. The van der Waals surface area contributed by atoms with E-state index in [0.29, 0.717) is 0 Å². The third kappa shape index (κ3) is 2.13. The summed E-state index contributed by atoms with van der Waals surface area (Å²) in [6.07, 6.45) is -0.0281. The fraction of sp³-hybridized carbons (Fsp3) is 0.0667. The zero-order valence-corrected chi connectivity index (χ0v) is 11.1. The molecule has 1 unspecified atom stereocenters. The van der Waals surface area contributed by atoms with Crippen molar-refractivity contribution in [1.29, 1.82) is 0 Å². The van der Waals surface area contributed by atoms with Crippen LogP contribution in [-0.2, 0) is 0 Å². The normalized spacial score (nSPS) is 16.6. The first-order valence-corrected chi connectivity index (χ1v) is 6.25. The molecule has 0 bridgehead atoms. The van der Waals surface area contributed by atoms with Gasteiger partial charge in [0.25, 0.3) is 0 Å². The number of phenolic OH excluding ortho intramolecular Hbond substituents is 5. The van der Waals surface area contributed by atoms with Crippen LogP contribution in [0.25, 0.3) is 5.76 Å². The van der Waals surface area contributed by atoms with Crippen LogP contribution >= 0.6 is 0 Å². The Morgan fingerprint density at radius 1 is 0.773 bits per heavy atom. The Kier molecular flexibility index (Phi) is 3.00. The van der Waals surface area contributed by atoms with Gasteiger partial charge in [-0.1, -0.05) is 0 Å². The maximum absolute atomic E-state index is 10.1. The average Bonchev–Trinajstić information content (AvgIpc) is 2.41. The standard InChI is InChI=1S/C15H12O7/c16-6-1-11(20)15-12(21)5-13(22-14(15)2-6)7-3-9(18)10(19)4-8(7)17/h1-5,12,16-21H. The van der Waals surface area contributed by atoms with Crippen LogP contribution in [0, 0.1) is 0 Å². The first-order chi connectivity index (χ1) is 10.4. The number of aliphatic hydroxyl groups excluding tert-OH is 1. The summed E-state index contributed by atoms with van der Waals surface area (Å²) in [7, 11) is 0. The third-order valence-electron chi connectivity index (χ3n) is 3.29. The van der Waals surface area contributed by atoms with Gasteiger partial charge in [-0.25, -0.2) is 0 Å². The van der Waals surface area contributed by atoms with Crippen molar-refractivity contribution < 1.29 is 35.4 Å². The van der Waals surface area contributed by atoms with Crippen LogP contribution in [-0.4, -0.2) is 30.6 Å². The molecule has 0 saturated carbocycles. The van der Waals surface area contributed by atoms with Crippen LogP contribution in [0.15, 0.2) is 30.3 Å². The zero-order chi connectivity index (χ0) is 16.0. The molecule has 22 heavy (non-hydrogen) atoms. The molecule has 1 aliphatic rings. The van der Waals surface area contributed by atoms with E-state index in [4.69, 9.17) is 4.74 Å². The highest BCUT2D eigenvalue weighted by Crippen LogP contribution is 2.45. The number of hydrogen-bond donors (Lipinski definition) is 6. The van der Waals surface area contributed by atoms with Gasteiger partial charge >= 0.3 is 0 Å². The molecule has 2 aromatic rings. The van der Waals surface area contributed by atoms with E-state index < -0.39 is 17.6 Å². The number of aromatic hydroxyl groups is 5. The van der Waals surface area contributed by atoms with Gasteiger partial charge in [0.05, 0.1) is 11.1 Å². The molecule has 1 aliphatic heterocycles. The van der Waals surface area contributed by atoms with Gasteiger partial charge in [-0.15, -0.1) is 0 Å². The first-order valence-electron chi connectivity index (χ1n) is 6.25. The Morgan fingerprint density at radius 3 is 2.18 bits per heavy atom. The summed E-state index contributed by atoms with van der Waals surface area (Å²) in [6, 6.07) is 4.25. The van der Waals surface area contributed by atoms with Gasteiger partial charge in [0.2, 0.25) is 0 Å². The Hall–Kier alpha value is -3.06. The molecule has 0 aromatic heterocycles. The van der Waals surface area contributed by atoms with Gasteiger partial charge in [0.1, 0.15) is 34.9 Å². The molecule has 0 fully saturated rings. The van der Waals surface area contributed by atoms with Crippen molar-refractivity contribution in [1.82, 2.24) is 0 Å². The predicted molar refractivity (Wildman–Crippen MR) is 74.8 cm³/mol. The quantitative estimate of drug-likeness (QED) is 0.349. The minimum atomic E-state index is -1.24. The topological polar surface area (TPSA) is 131 Å². The van der Waals surface area contributed by atoms with Crippen LogP contribution in [0.4, 0.5) is 0 Å². The second-order valence-corrected chi connectivity index (χ2v) is 4.81. The summed E-state index contributed by atoms with van der Waals surface area (Å²) in [5, 5.41) is 58.0. The third-order valence-corrected chi connectivity index (χ3v) is 3.29. The molecule has 0 saturated heterocycles. The molecule has 1 atom stereocenters. The lowest BCUT2D eigenvalue weighted by atomic mass is 10.0. The fourth-order valence-corrected chi connectivity index (χ4v) is 2.27. The van der Waals surface area contributed by atoms with Crippen LogP contribution in [0.2, 0.25) is 0 Å². The van der Waals surface area contributed by atoms with Crippen molar-refractivity contribution in [2.24, 2.45) is 0 Å². The van der Waals surface area contributed by atoms with E-state index in [1.165, 1.54) is 12.1 Å². The van der Waals surface area contributed by atoms with Gasteiger partial charge in [-0.05, 0) is 12.1 Å². The molecule has 7 nitrogen and oxygen atoms in total. The molecule has 114 valence electrons. The van der Waals surface area contributed by atoms with Crippen LogP contribution in [0.1, 0.15) is 17.2 Å². The molecule has 0 aliphatic carbocycles.